The van der Waals surface area contributed by atoms with Crippen LogP contribution < -0.4 is 0 Å². The van der Waals surface area contributed by atoms with E-state index < -0.39 is 0 Å². The number of rotatable bonds is 2. The summed E-state index contributed by atoms with van der Waals surface area (Å²) in [6, 6.07) is 9.58. The Bertz CT molecular complexity index is 683. The Morgan fingerprint density at radius 1 is 0.947 bits per heavy atom. The SMILES string of the molecule is Cc1cc(-c2cccc(-c3ncccn3)n2)nn1C. The van der Waals surface area contributed by atoms with Gasteiger partial charge in [0.15, 0.2) is 5.82 Å². The molecule has 19 heavy (non-hydrogen) atoms. The van der Waals surface area contributed by atoms with Crippen molar-refractivity contribution in [2.24, 2.45) is 7.05 Å². The van der Waals surface area contributed by atoms with Crippen molar-refractivity contribution in [3.8, 4) is 22.9 Å². The van der Waals surface area contributed by atoms with E-state index in [2.05, 4.69) is 20.1 Å². The van der Waals surface area contributed by atoms with Gasteiger partial charge in [-0.15, -0.1) is 0 Å². The van der Waals surface area contributed by atoms with Crippen LogP contribution in [-0.2, 0) is 7.05 Å². The normalized spacial score (nSPS) is 10.6. The molecule has 0 atom stereocenters. The number of aromatic nitrogens is 5. The average Bonchev–Trinajstić information content (AvgIpc) is 2.80. The van der Waals surface area contributed by atoms with E-state index in [0.29, 0.717) is 5.82 Å². The molecule has 0 saturated carbocycles. The Kier molecular flexibility index (Phi) is 2.79. The van der Waals surface area contributed by atoms with Crippen LogP contribution >= 0.6 is 0 Å². The minimum absolute atomic E-state index is 0.622. The number of nitrogens with zero attached hydrogens (tertiary/aromatic N) is 5. The third-order valence-electron chi connectivity index (χ3n) is 2.92. The van der Waals surface area contributed by atoms with Gasteiger partial charge < -0.3 is 0 Å². The Balaban J connectivity index is 2.05. The van der Waals surface area contributed by atoms with Gasteiger partial charge in [0.25, 0.3) is 0 Å². The van der Waals surface area contributed by atoms with Gasteiger partial charge in [-0.25, -0.2) is 15.0 Å². The Labute approximate surface area is 111 Å². The van der Waals surface area contributed by atoms with E-state index in [1.54, 1.807) is 18.5 Å². The van der Waals surface area contributed by atoms with Crippen LogP contribution in [0.2, 0.25) is 0 Å². The zero-order valence-corrected chi connectivity index (χ0v) is 10.8. The lowest BCUT2D eigenvalue weighted by atomic mass is 10.2. The van der Waals surface area contributed by atoms with Crippen molar-refractivity contribution in [1.29, 1.82) is 0 Å². The molecule has 0 amide bonds. The fraction of sp³-hybridized carbons (Fsp3) is 0.143. The summed E-state index contributed by atoms with van der Waals surface area (Å²) in [7, 11) is 1.92. The molecule has 94 valence electrons. The minimum atomic E-state index is 0.622. The van der Waals surface area contributed by atoms with Gasteiger partial charge in [0.1, 0.15) is 11.4 Å². The maximum atomic E-state index is 4.57. The van der Waals surface area contributed by atoms with Gasteiger partial charge in [-0.3, -0.25) is 4.68 Å². The quantitative estimate of drug-likeness (QED) is 0.701. The second kappa shape index (κ2) is 4.61. The lowest BCUT2D eigenvalue weighted by Gasteiger charge is -2.00. The molecule has 3 aromatic rings. The lowest BCUT2D eigenvalue weighted by Crippen LogP contribution is -1.94. The topological polar surface area (TPSA) is 56.5 Å². The summed E-state index contributed by atoms with van der Waals surface area (Å²) in [4.78, 5) is 13.0. The highest BCUT2D eigenvalue weighted by Gasteiger charge is 2.08. The first-order chi connectivity index (χ1) is 9.24. The van der Waals surface area contributed by atoms with E-state index in [0.717, 1.165) is 22.8 Å². The van der Waals surface area contributed by atoms with E-state index in [4.69, 9.17) is 0 Å². The highest BCUT2D eigenvalue weighted by Crippen LogP contribution is 2.19. The van der Waals surface area contributed by atoms with Crippen molar-refractivity contribution < 1.29 is 0 Å². The Morgan fingerprint density at radius 3 is 2.37 bits per heavy atom. The second-order valence-corrected chi connectivity index (χ2v) is 4.28. The van der Waals surface area contributed by atoms with Crippen LogP contribution in [0.3, 0.4) is 0 Å². The standard InChI is InChI=1S/C14H13N5/c1-10-9-13(18-19(10)2)11-5-3-6-12(17-11)14-15-7-4-8-16-14/h3-9H,1-2H3. The first kappa shape index (κ1) is 11.5. The molecule has 3 rings (SSSR count). The van der Waals surface area contributed by atoms with Gasteiger partial charge in [0.05, 0.1) is 5.69 Å². The molecule has 0 bridgehead atoms. The van der Waals surface area contributed by atoms with Gasteiger partial charge in [0.2, 0.25) is 0 Å². The van der Waals surface area contributed by atoms with E-state index >= 15 is 0 Å². The molecule has 0 N–H and O–H groups in total. The molecule has 0 saturated heterocycles. The lowest BCUT2D eigenvalue weighted by molar-refractivity contribution is 0.742. The molecule has 0 aromatic carbocycles. The van der Waals surface area contributed by atoms with Gasteiger partial charge in [-0.2, -0.15) is 5.10 Å². The molecular formula is C14H13N5. The summed E-state index contributed by atoms with van der Waals surface area (Å²) in [5, 5.41) is 4.43. The van der Waals surface area contributed by atoms with Crippen molar-refractivity contribution in [2.75, 3.05) is 0 Å². The van der Waals surface area contributed by atoms with Crippen LogP contribution in [0.25, 0.3) is 22.9 Å². The molecule has 5 heteroatoms. The van der Waals surface area contributed by atoms with Gasteiger partial charge in [-0.1, -0.05) is 6.07 Å². The van der Waals surface area contributed by atoms with Crippen LogP contribution in [0, 0.1) is 6.92 Å². The second-order valence-electron chi connectivity index (χ2n) is 4.28. The van der Waals surface area contributed by atoms with Crippen LogP contribution in [0.5, 0.6) is 0 Å². The molecule has 5 nitrogen and oxygen atoms in total. The molecule has 3 heterocycles. The fourth-order valence-corrected chi connectivity index (χ4v) is 1.82. The number of pyridine rings is 1. The third-order valence-corrected chi connectivity index (χ3v) is 2.92. The van der Waals surface area contributed by atoms with Crippen LogP contribution in [-0.4, -0.2) is 24.7 Å². The Morgan fingerprint density at radius 2 is 1.68 bits per heavy atom. The van der Waals surface area contributed by atoms with Crippen molar-refractivity contribution >= 4 is 0 Å². The molecule has 0 fully saturated rings. The molecule has 0 radical (unpaired) electrons. The van der Waals surface area contributed by atoms with Crippen LogP contribution in [0.15, 0.2) is 42.7 Å². The molecule has 0 unspecified atom stereocenters. The van der Waals surface area contributed by atoms with Gasteiger partial charge in [-0.05, 0) is 31.2 Å². The first-order valence-electron chi connectivity index (χ1n) is 5.99. The smallest absolute Gasteiger partial charge is 0.178 e. The van der Waals surface area contributed by atoms with Gasteiger partial charge in [0, 0.05) is 25.1 Å². The highest BCUT2D eigenvalue weighted by atomic mass is 15.3. The summed E-state index contributed by atoms with van der Waals surface area (Å²) in [5.41, 5.74) is 3.53. The third kappa shape index (κ3) is 2.22. The summed E-state index contributed by atoms with van der Waals surface area (Å²) in [6.07, 6.45) is 3.42. The minimum Gasteiger partial charge on any atom is -0.272 e. The molecular weight excluding hydrogens is 238 g/mol. The van der Waals surface area contributed by atoms with Crippen LogP contribution in [0.4, 0.5) is 0 Å². The maximum Gasteiger partial charge on any atom is 0.178 e. The van der Waals surface area contributed by atoms with E-state index in [1.165, 1.54) is 0 Å². The molecule has 0 aliphatic heterocycles. The zero-order valence-electron chi connectivity index (χ0n) is 10.8. The monoisotopic (exact) mass is 251 g/mol. The molecule has 0 spiro atoms. The summed E-state index contributed by atoms with van der Waals surface area (Å²) in [5.74, 6) is 0.622. The van der Waals surface area contributed by atoms with E-state index in [-0.39, 0.29) is 0 Å². The highest BCUT2D eigenvalue weighted by molar-refractivity contribution is 5.59. The first-order valence-corrected chi connectivity index (χ1v) is 5.99. The average molecular weight is 251 g/mol. The van der Waals surface area contributed by atoms with E-state index in [9.17, 15) is 0 Å². The summed E-state index contributed by atoms with van der Waals surface area (Å²) < 4.78 is 1.84. The summed E-state index contributed by atoms with van der Waals surface area (Å²) in [6.45, 7) is 2.01. The van der Waals surface area contributed by atoms with Crippen molar-refractivity contribution in [3.05, 3.63) is 48.4 Å². The van der Waals surface area contributed by atoms with Crippen molar-refractivity contribution in [1.82, 2.24) is 24.7 Å². The fourth-order valence-electron chi connectivity index (χ4n) is 1.82. The molecule has 0 aliphatic rings. The molecule has 0 aliphatic carbocycles. The number of hydrogen-bond donors (Lipinski definition) is 0. The van der Waals surface area contributed by atoms with Crippen molar-refractivity contribution in [2.45, 2.75) is 6.92 Å². The van der Waals surface area contributed by atoms with Crippen molar-refractivity contribution in [3.63, 3.8) is 0 Å². The largest absolute Gasteiger partial charge is 0.272 e. The number of aryl methyl sites for hydroxylation is 2. The predicted molar refractivity (Wildman–Crippen MR) is 72.2 cm³/mol. The zero-order chi connectivity index (χ0) is 13.2. The van der Waals surface area contributed by atoms with Gasteiger partial charge >= 0.3 is 0 Å². The van der Waals surface area contributed by atoms with E-state index in [1.807, 2.05) is 42.9 Å². The Hall–Kier alpha value is -2.56. The number of hydrogen-bond acceptors (Lipinski definition) is 4. The maximum absolute atomic E-state index is 4.57. The molecule has 3 aromatic heterocycles. The van der Waals surface area contributed by atoms with Crippen LogP contribution in [0.1, 0.15) is 5.69 Å². The summed E-state index contributed by atoms with van der Waals surface area (Å²) >= 11 is 0. The predicted octanol–water partition coefficient (Wildman–Crippen LogP) is 2.25.